The summed E-state index contributed by atoms with van der Waals surface area (Å²) in [5, 5.41) is 0. The van der Waals surface area contributed by atoms with Gasteiger partial charge in [-0.15, -0.1) is 0 Å². The molecule has 0 saturated heterocycles. The molecule has 1 rings (SSSR count). The molecule has 0 N–H and O–H groups in total. The molecule has 0 fully saturated rings. The van der Waals surface area contributed by atoms with E-state index in [-0.39, 0.29) is 0 Å². The minimum atomic E-state index is 0.748. The lowest BCUT2D eigenvalue weighted by Crippen LogP contribution is -1.81. The van der Waals surface area contributed by atoms with Crippen LogP contribution in [0.15, 0.2) is 17.5 Å². The molecule has 1 aromatic rings. The minimum Gasteiger partial charge on any atom is -0.244 e. The number of rotatable bonds is 1. The maximum absolute atomic E-state index is 4.03. The van der Waals surface area contributed by atoms with Gasteiger partial charge in [-0.1, -0.05) is 13.8 Å². The van der Waals surface area contributed by atoms with E-state index >= 15 is 0 Å². The van der Waals surface area contributed by atoms with Crippen molar-refractivity contribution < 1.29 is 0 Å². The molecule has 0 atom stereocenters. The van der Waals surface area contributed by atoms with Gasteiger partial charge in [-0.25, -0.2) is 15.0 Å². The van der Waals surface area contributed by atoms with Crippen LogP contribution >= 0.6 is 0 Å². The average molecular weight is 165 g/mol. The highest BCUT2D eigenvalue weighted by Crippen LogP contribution is 2.10. The Kier molecular flexibility index (Phi) is 5.79. The fourth-order valence-electron chi connectivity index (χ4n) is 0.650. The summed E-state index contributed by atoms with van der Waals surface area (Å²) in [5.41, 5.74) is 1.00. The molecule has 3 heteroatoms. The average Bonchev–Trinajstić information content (AvgIpc) is 2.13. The molecule has 0 aliphatic carbocycles. The van der Waals surface area contributed by atoms with Crippen molar-refractivity contribution in [3.8, 4) is 0 Å². The third-order valence-electron chi connectivity index (χ3n) is 1.12. The standard InChI is InChI=1S/C7H9N3.C2H6/c1-3-9-7-6(2)4-8-5-10-7;1-2/h3-5H,1-2H3;1-2H3. The lowest BCUT2D eigenvalue weighted by atomic mass is 10.3. The van der Waals surface area contributed by atoms with E-state index in [1.54, 1.807) is 12.4 Å². The number of nitrogens with zero attached hydrogens (tertiary/aromatic N) is 3. The molecular formula is C9H15N3. The minimum absolute atomic E-state index is 0.748. The Balaban J connectivity index is 0.000000561. The van der Waals surface area contributed by atoms with Crippen LogP contribution in [0, 0.1) is 6.92 Å². The summed E-state index contributed by atoms with van der Waals surface area (Å²) in [5.74, 6) is 0.748. The van der Waals surface area contributed by atoms with Crippen molar-refractivity contribution in [1.82, 2.24) is 9.97 Å². The largest absolute Gasteiger partial charge is 0.244 e. The second-order valence-corrected chi connectivity index (χ2v) is 1.92. The zero-order valence-electron chi connectivity index (χ0n) is 8.07. The van der Waals surface area contributed by atoms with Gasteiger partial charge in [-0.05, 0) is 13.8 Å². The van der Waals surface area contributed by atoms with Crippen molar-refractivity contribution in [2.24, 2.45) is 4.99 Å². The first-order chi connectivity index (χ1) is 5.84. The Morgan fingerprint density at radius 3 is 2.58 bits per heavy atom. The van der Waals surface area contributed by atoms with Gasteiger partial charge in [-0.2, -0.15) is 0 Å². The molecule has 1 aromatic heterocycles. The van der Waals surface area contributed by atoms with Crippen LogP contribution in [0.5, 0.6) is 0 Å². The molecule has 0 aliphatic heterocycles. The molecule has 0 saturated carbocycles. The second kappa shape index (κ2) is 6.46. The summed E-state index contributed by atoms with van der Waals surface area (Å²) >= 11 is 0. The van der Waals surface area contributed by atoms with Crippen molar-refractivity contribution in [1.29, 1.82) is 0 Å². The van der Waals surface area contributed by atoms with E-state index in [2.05, 4.69) is 15.0 Å². The first kappa shape index (κ1) is 10.8. The summed E-state index contributed by atoms with van der Waals surface area (Å²) in [6.07, 6.45) is 4.96. The van der Waals surface area contributed by atoms with Crippen molar-refractivity contribution in [3.05, 3.63) is 18.1 Å². The van der Waals surface area contributed by atoms with Crippen LogP contribution in [0.1, 0.15) is 26.3 Å². The van der Waals surface area contributed by atoms with Crippen molar-refractivity contribution in [2.45, 2.75) is 27.7 Å². The molecule has 0 unspecified atom stereocenters. The summed E-state index contributed by atoms with van der Waals surface area (Å²) < 4.78 is 0. The Bertz CT molecular complexity index is 243. The molecule has 0 radical (unpaired) electrons. The predicted molar refractivity (Wildman–Crippen MR) is 51.9 cm³/mol. The first-order valence-electron chi connectivity index (χ1n) is 4.10. The lowest BCUT2D eigenvalue weighted by molar-refractivity contribution is 1.11. The number of aliphatic imine (C=N–C) groups is 1. The zero-order chi connectivity index (χ0) is 9.40. The summed E-state index contributed by atoms with van der Waals surface area (Å²) in [7, 11) is 0. The van der Waals surface area contributed by atoms with Crippen LogP contribution in [-0.4, -0.2) is 16.2 Å². The van der Waals surface area contributed by atoms with Crippen LogP contribution in [0.2, 0.25) is 0 Å². The van der Waals surface area contributed by atoms with Gasteiger partial charge < -0.3 is 0 Å². The molecular weight excluding hydrogens is 150 g/mol. The second-order valence-electron chi connectivity index (χ2n) is 1.92. The maximum atomic E-state index is 4.03. The van der Waals surface area contributed by atoms with Gasteiger partial charge >= 0.3 is 0 Å². The summed E-state index contributed by atoms with van der Waals surface area (Å²) in [6.45, 7) is 7.80. The molecule has 1 heterocycles. The normalized spacial score (nSPS) is 9.33. The van der Waals surface area contributed by atoms with Gasteiger partial charge in [0.25, 0.3) is 0 Å². The van der Waals surface area contributed by atoms with E-state index in [4.69, 9.17) is 0 Å². The van der Waals surface area contributed by atoms with Crippen molar-refractivity contribution in [2.75, 3.05) is 0 Å². The molecule has 66 valence electrons. The smallest absolute Gasteiger partial charge is 0.157 e. The van der Waals surface area contributed by atoms with Crippen LogP contribution in [0.3, 0.4) is 0 Å². The van der Waals surface area contributed by atoms with E-state index < -0.39 is 0 Å². The SMILES string of the molecule is CC.CC=Nc1ncncc1C. The number of hydrogen-bond donors (Lipinski definition) is 0. The lowest BCUT2D eigenvalue weighted by Gasteiger charge is -1.93. The van der Waals surface area contributed by atoms with E-state index in [0.717, 1.165) is 11.4 Å². The predicted octanol–water partition coefficient (Wildman–Crippen LogP) is 2.53. The van der Waals surface area contributed by atoms with Crippen LogP contribution < -0.4 is 0 Å². The number of aromatic nitrogens is 2. The van der Waals surface area contributed by atoms with Crippen LogP contribution in [0.4, 0.5) is 5.82 Å². The quantitative estimate of drug-likeness (QED) is 0.600. The Hall–Kier alpha value is -1.25. The number of aryl methyl sites for hydroxylation is 1. The third-order valence-corrected chi connectivity index (χ3v) is 1.12. The molecule has 0 spiro atoms. The molecule has 3 nitrogen and oxygen atoms in total. The van der Waals surface area contributed by atoms with E-state index in [1.165, 1.54) is 6.33 Å². The summed E-state index contributed by atoms with van der Waals surface area (Å²) in [4.78, 5) is 11.8. The topological polar surface area (TPSA) is 38.1 Å². The molecule has 0 amide bonds. The molecule has 0 bridgehead atoms. The highest BCUT2D eigenvalue weighted by molar-refractivity contribution is 5.59. The first-order valence-corrected chi connectivity index (χ1v) is 4.10. The number of hydrogen-bond acceptors (Lipinski definition) is 3. The van der Waals surface area contributed by atoms with E-state index in [0.29, 0.717) is 0 Å². The maximum Gasteiger partial charge on any atom is 0.157 e. The van der Waals surface area contributed by atoms with Crippen LogP contribution in [-0.2, 0) is 0 Å². The van der Waals surface area contributed by atoms with E-state index in [1.807, 2.05) is 27.7 Å². The van der Waals surface area contributed by atoms with Gasteiger partial charge in [0, 0.05) is 18.0 Å². The fraction of sp³-hybridized carbons (Fsp3) is 0.444. The Morgan fingerprint density at radius 1 is 1.42 bits per heavy atom. The van der Waals surface area contributed by atoms with Gasteiger partial charge in [-0.3, -0.25) is 0 Å². The zero-order valence-corrected chi connectivity index (χ0v) is 8.07. The summed E-state index contributed by atoms with van der Waals surface area (Å²) in [6, 6.07) is 0. The van der Waals surface area contributed by atoms with Crippen LogP contribution in [0.25, 0.3) is 0 Å². The van der Waals surface area contributed by atoms with Crippen molar-refractivity contribution >= 4 is 12.0 Å². The highest BCUT2D eigenvalue weighted by atomic mass is 14.9. The Morgan fingerprint density at radius 2 is 2.08 bits per heavy atom. The van der Waals surface area contributed by atoms with Gasteiger partial charge in [0.05, 0.1) is 0 Å². The van der Waals surface area contributed by atoms with Crippen molar-refractivity contribution in [3.63, 3.8) is 0 Å². The van der Waals surface area contributed by atoms with Gasteiger partial charge in [0.2, 0.25) is 0 Å². The molecule has 0 aromatic carbocycles. The Labute approximate surface area is 73.6 Å². The van der Waals surface area contributed by atoms with Gasteiger partial charge in [0.1, 0.15) is 6.33 Å². The van der Waals surface area contributed by atoms with Gasteiger partial charge in [0.15, 0.2) is 5.82 Å². The fourth-order valence-corrected chi connectivity index (χ4v) is 0.650. The molecule has 0 aliphatic rings. The monoisotopic (exact) mass is 165 g/mol. The third kappa shape index (κ3) is 3.23. The molecule has 12 heavy (non-hydrogen) atoms. The highest BCUT2D eigenvalue weighted by Gasteiger charge is 1.92. The van der Waals surface area contributed by atoms with E-state index in [9.17, 15) is 0 Å².